The van der Waals surface area contributed by atoms with Gasteiger partial charge in [0.2, 0.25) is 0 Å². The minimum atomic E-state index is -0.668. The quantitative estimate of drug-likeness (QED) is 0.500. The molecule has 0 aliphatic carbocycles. The number of carbonyl (C=O) groups excluding carboxylic acids is 3. The van der Waals surface area contributed by atoms with Crippen LogP contribution in [0.1, 0.15) is 19.4 Å². The zero-order valence-electron chi connectivity index (χ0n) is 13.3. The average Bonchev–Trinajstić information content (AvgIpc) is 3.40. The average molecular weight is 404 g/mol. The van der Waals surface area contributed by atoms with E-state index in [1.54, 1.807) is 23.6 Å². The fourth-order valence-corrected chi connectivity index (χ4v) is 4.03. The lowest BCUT2D eigenvalue weighted by Crippen LogP contribution is -2.33. The van der Waals surface area contributed by atoms with Gasteiger partial charge in [0.05, 0.1) is 10.5 Å². The summed E-state index contributed by atoms with van der Waals surface area (Å²) >= 11 is 4.13. The first kappa shape index (κ1) is 18.2. The molecule has 0 saturated carbocycles. The maximum atomic E-state index is 12.4. The van der Waals surface area contributed by atoms with Crippen LogP contribution in [-0.4, -0.2) is 24.4 Å². The Kier molecular flexibility index (Phi) is 6.11. The van der Waals surface area contributed by atoms with Crippen molar-refractivity contribution in [3.8, 4) is 0 Å². The fourth-order valence-electron chi connectivity index (χ4n) is 2.02. The molecule has 0 fully saturated rings. The molecule has 8 heteroatoms. The summed E-state index contributed by atoms with van der Waals surface area (Å²) in [6, 6.07) is 10.7. The van der Waals surface area contributed by atoms with Crippen LogP contribution in [0.15, 0.2) is 52.5 Å². The topological polar surface area (TPSA) is 72.5 Å². The van der Waals surface area contributed by atoms with Crippen LogP contribution in [0.2, 0.25) is 0 Å². The van der Waals surface area contributed by atoms with Gasteiger partial charge in [0.15, 0.2) is 6.61 Å². The number of imide groups is 1. The molecule has 3 aromatic heterocycles. The molecule has 3 rings (SSSR count). The van der Waals surface area contributed by atoms with E-state index in [4.69, 9.17) is 4.74 Å². The number of rotatable bonds is 6. The van der Waals surface area contributed by atoms with Gasteiger partial charge in [-0.15, -0.1) is 34.0 Å². The summed E-state index contributed by atoms with van der Waals surface area (Å²) in [5.74, 6) is -1.79. The van der Waals surface area contributed by atoms with E-state index in [-0.39, 0.29) is 0 Å². The highest BCUT2D eigenvalue weighted by Crippen LogP contribution is 2.25. The molecule has 0 aliphatic rings. The van der Waals surface area contributed by atoms with E-state index in [0.29, 0.717) is 10.5 Å². The largest absolute Gasteiger partial charge is 0.452 e. The number of ether oxygens (including phenoxy) is 1. The molecule has 1 N–H and O–H groups in total. The van der Waals surface area contributed by atoms with E-state index in [1.807, 2.05) is 35.0 Å². The lowest BCUT2D eigenvalue weighted by molar-refractivity contribution is -0.142. The molecule has 0 spiro atoms. The van der Waals surface area contributed by atoms with E-state index < -0.39 is 24.4 Å². The summed E-state index contributed by atoms with van der Waals surface area (Å²) in [4.78, 5) is 38.2. The Balaban J connectivity index is 1.63. The van der Waals surface area contributed by atoms with E-state index in [0.717, 1.165) is 9.75 Å². The number of carbonyl (C=O) groups is 3. The molecule has 0 atom stereocenters. The molecule has 26 heavy (non-hydrogen) atoms. The zero-order valence-corrected chi connectivity index (χ0v) is 15.8. The van der Waals surface area contributed by atoms with Gasteiger partial charge in [-0.1, -0.05) is 18.2 Å². The van der Waals surface area contributed by atoms with Gasteiger partial charge in [0.1, 0.15) is 0 Å². The van der Waals surface area contributed by atoms with Crippen molar-refractivity contribution in [1.82, 2.24) is 5.32 Å². The van der Waals surface area contributed by atoms with Crippen molar-refractivity contribution in [1.29, 1.82) is 0 Å². The van der Waals surface area contributed by atoms with Crippen molar-refractivity contribution in [2.24, 2.45) is 0 Å². The third kappa shape index (κ3) is 4.75. The van der Waals surface area contributed by atoms with Gasteiger partial charge in [-0.05, 0) is 40.4 Å². The number of amides is 2. The Morgan fingerprint density at radius 1 is 0.923 bits per heavy atom. The lowest BCUT2D eigenvalue weighted by Gasteiger charge is -2.07. The maximum Gasteiger partial charge on any atom is 0.340 e. The fraction of sp³-hybridized carbons (Fsp3) is 0.0556. The standard InChI is InChI=1S/C18H13NO4S3/c20-16(19-17(21)15-6-3-9-26-15)11-23-18(22)13(14-5-2-8-25-14)10-12-4-1-7-24-12/h1-10H,11H2,(H,19,20,21)/b13-10+. The van der Waals surface area contributed by atoms with Crippen molar-refractivity contribution in [3.05, 3.63) is 67.2 Å². The predicted molar refractivity (Wildman–Crippen MR) is 104 cm³/mol. The van der Waals surface area contributed by atoms with E-state index in [1.165, 1.54) is 34.0 Å². The third-order valence-electron chi connectivity index (χ3n) is 3.17. The smallest absolute Gasteiger partial charge is 0.340 e. The second-order valence-corrected chi connectivity index (χ2v) is 7.86. The number of esters is 1. The SMILES string of the molecule is O=C(COC(=O)/C(=C/c1cccs1)c1cccs1)NC(=O)c1cccs1. The van der Waals surface area contributed by atoms with Gasteiger partial charge in [-0.3, -0.25) is 14.9 Å². The van der Waals surface area contributed by atoms with Crippen LogP contribution in [0.3, 0.4) is 0 Å². The van der Waals surface area contributed by atoms with E-state index >= 15 is 0 Å². The highest BCUT2D eigenvalue weighted by Gasteiger charge is 2.18. The molecule has 0 aliphatic heterocycles. The van der Waals surface area contributed by atoms with Crippen LogP contribution in [0.4, 0.5) is 0 Å². The van der Waals surface area contributed by atoms with Crippen LogP contribution in [0.25, 0.3) is 11.6 Å². The summed E-state index contributed by atoms with van der Waals surface area (Å²) in [6.07, 6.45) is 1.73. The van der Waals surface area contributed by atoms with Crippen molar-refractivity contribution in [3.63, 3.8) is 0 Å². The summed E-state index contributed by atoms with van der Waals surface area (Å²) in [7, 11) is 0. The van der Waals surface area contributed by atoms with Crippen molar-refractivity contribution in [2.45, 2.75) is 0 Å². The number of hydrogen-bond donors (Lipinski definition) is 1. The van der Waals surface area contributed by atoms with Crippen molar-refractivity contribution in [2.75, 3.05) is 6.61 Å². The van der Waals surface area contributed by atoms with Gasteiger partial charge in [-0.25, -0.2) is 4.79 Å². The molecule has 132 valence electrons. The molecule has 0 aromatic carbocycles. The van der Waals surface area contributed by atoms with E-state index in [2.05, 4.69) is 5.32 Å². The van der Waals surface area contributed by atoms with Crippen LogP contribution in [0.5, 0.6) is 0 Å². The highest BCUT2D eigenvalue weighted by atomic mass is 32.1. The molecule has 0 bridgehead atoms. The van der Waals surface area contributed by atoms with Crippen molar-refractivity contribution >= 4 is 63.4 Å². The molecular weight excluding hydrogens is 390 g/mol. The molecule has 3 aromatic rings. The molecule has 0 unspecified atom stereocenters. The Morgan fingerprint density at radius 2 is 1.58 bits per heavy atom. The van der Waals surface area contributed by atoms with Gasteiger partial charge in [-0.2, -0.15) is 0 Å². The Morgan fingerprint density at radius 3 is 2.19 bits per heavy atom. The first-order valence-electron chi connectivity index (χ1n) is 7.47. The summed E-state index contributed by atoms with van der Waals surface area (Å²) in [5, 5.41) is 7.70. The molecule has 0 saturated heterocycles. The van der Waals surface area contributed by atoms with Gasteiger partial charge >= 0.3 is 5.97 Å². The second kappa shape index (κ2) is 8.70. The molecule has 0 radical (unpaired) electrons. The number of hydrogen-bond acceptors (Lipinski definition) is 7. The first-order chi connectivity index (χ1) is 12.6. The maximum absolute atomic E-state index is 12.4. The predicted octanol–water partition coefficient (Wildman–Crippen LogP) is 3.91. The molecular formula is C18H13NO4S3. The molecule has 2 amide bonds. The highest BCUT2D eigenvalue weighted by molar-refractivity contribution is 7.12. The third-order valence-corrected chi connectivity index (χ3v) is 5.76. The second-order valence-electron chi connectivity index (χ2n) is 4.98. The van der Waals surface area contributed by atoms with E-state index in [9.17, 15) is 14.4 Å². The van der Waals surface area contributed by atoms with Crippen LogP contribution >= 0.6 is 34.0 Å². The monoisotopic (exact) mass is 403 g/mol. The van der Waals surface area contributed by atoms with Crippen LogP contribution < -0.4 is 5.32 Å². The molecule has 3 heterocycles. The Labute approximate surface area is 161 Å². The zero-order chi connectivity index (χ0) is 18.4. The normalized spacial score (nSPS) is 11.2. The Bertz CT molecular complexity index is 910. The summed E-state index contributed by atoms with van der Waals surface area (Å²) < 4.78 is 5.10. The summed E-state index contributed by atoms with van der Waals surface area (Å²) in [5.41, 5.74) is 0.375. The van der Waals surface area contributed by atoms with Gasteiger partial charge < -0.3 is 4.74 Å². The van der Waals surface area contributed by atoms with Crippen LogP contribution in [-0.2, 0) is 14.3 Å². The first-order valence-corrected chi connectivity index (χ1v) is 10.1. The Hall–Kier alpha value is -2.55. The van der Waals surface area contributed by atoms with Gasteiger partial charge in [0.25, 0.3) is 11.8 Å². The minimum absolute atomic E-state index is 0.375. The van der Waals surface area contributed by atoms with Gasteiger partial charge in [0, 0.05) is 9.75 Å². The number of thiophene rings is 3. The number of nitrogens with one attached hydrogen (secondary N) is 1. The minimum Gasteiger partial charge on any atom is -0.452 e. The lowest BCUT2D eigenvalue weighted by atomic mass is 10.2. The summed E-state index contributed by atoms with van der Waals surface area (Å²) in [6.45, 7) is -0.525. The van der Waals surface area contributed by atoms with Crippen LogP contribution in [0, 0.1) is 0 Å². The van der Waals surface area contributed by atoms with Crippen molar-refractivity contribution < 1.29 is 19.1 Å². The molecule has 5 nitrogen and oxygen atoms in total.